The van der Waals surface area contributed by atoms with Gasteiger partial charge < -0.3 is 15.1 Å². The number of para-hydroxylation sites is 1. The number of anilines is 4. The number of nitrogens with one attached hydrogen (secondary N) is 1. The second-order valence-corrected chi connectivity index (χ2v) is 7.62. The average molecular weight is 391 g/mol. The van der Waals surface area contributed by atoms with E-state index >= 15 is 0 Å². The lowest BCUT2D eigenvalue weighted by atomic mass is 10.1. The monoisotopic (exact) mass is 391 g/mol. The minimum Gasteiger partial charge on any atom is -0.366 e. The molecule has 5 nitrogen and oxygen atoms in total. The molecule has 1 N–H and O–H groups in total. The number of halogens is 1. The van der Waals surface area contributed by atoms with Gasteiger partial charge in [0.05, 0.1) is 5.69 Å². The van der Waals surface area contributed by atoms with E-state index in [1.165, 1.54) is 17.2 Å². The van der Waals surface area contributed by atoms with Crippen molar-refractivity contribution in [3.8, 4) is 0 Å². The molecule has 1 aromatic heterocycles. The van der Waals surface area contributed by atoms with Gasteiger partial charge in [-0.05, 0) is 56.2 Å². The summed E-state index contributed by atoms with van der Waals surface area (Å²) in [5.74, 6) is 1.33. The van der Waals surface area contributed by atoms with Crippen LogP contribution in [0.4, 0.5) is 27.5 Å². The third-order valence-electron chi connectivity index (χ3n) is 5.09. The Bertz CT molecular complexity index is 992. The predicted molar refractivity (Wildman–Crippen MR) is 117 cm³/mol. The van der Waals surface area contributed by atoms with Crippen molar-refractivity contribution in [3.63, 3.8) is 0 Å². The summed E-state index contributed by atoms with van der Waals surface area (Å²) in [6.45, 7) is 9.12. The van der Waals surface area contributed by atoms with Crippen LogP contribution in [0.2, 0.25) is 0 Å². The number of piperazine rings is 1. The number of aromatic nitrogens is 2. The van der Waals surface area contributed by atoms with Gasteiger partial charge in [0.2, 0.25) is 5.95 Å². The van der Waals surface area contributed by atoms with Crippen molar-refractivity contribution in [1.29, 1.82) is 0 Å². The molecule has 0 atom stereocenters. The highest BCUT2D eigenvalue weighted by molar-refractivity contribution is 5.60. The second-order valence-electron chi connectivity index (χ2n) is 7.62. The summed E-state index contributed by atoms with van der Waals surface area (Å²) in [7, 11) is 0. The summed E-state index contributed by atoms with van der Waals surface area (Å²) >= 11 is 0. The molecule has 0 amide bonds. The molecule has 0 unspecified atom stereocenters. The van der Waals surface area contributed by atoms with Crippen LogP contribution in [-0.2, 0) is 0 Å². The van der Waals surface area contributed by atoms with Gasteiger partial charge in [0.15, 0.2) is 0 Å². The lowest BCUT2D eigenvalue weighted by Crippen LogP contribution is -2.47. The maximum atomic E-state index is 14.1. The molecule has 1 fully saturated rings. The molecule has 0 aliphatic carbocycles. The average Bonchev–Trinajstić information content (AvgIpc) is 2.67. The molecule has 4 rings (SSSR count). The molecule has 1 aliphatic rings. The largest absolute Gasteiger partial charge is 0.366 e. The number of rotatable bonds is 4. The predicted octanol–water partition coefficient (Wildman–Crippen LogP) is 4.61. The highest BCUT2D eigenvalue weighted by Gasteiger charge is 2.21. The van der Waals surface area contributed by atoms with Crippen LogP contribution in [0.1, 0.15) is 16.8 Å². The fraction of sp³-hybridized carbons (Fsp3) is 0.304. The summed E-state index contributed by atoms with van der Waals surface area (Å²) in [5.41, 5.74) is 5.02. The molecule has 150 valence electrons. The Morgan fingerprint density at radius 1 is 0.828 bits per heavy atom. The Morgan fingerprint density at radius 2 is 1.48 bits per heavy atom. The third-order valence-corrected chi connectivity index (χ3v) is 5.09. The number of nitrogens with zero attached hydrogens (tertiary/aromatic N) is 4. The number of aryl methyl sites for hydroxylation is 3. The highest BCUT2D eigenvalue weighted by atomic mass is 19.1. The Morgan fingerprint density at radius 3 is 2.17 bits per heavy atom. The molecule has 1 saturated heterocycles. The molecule has 0 bridgehead atoms. The Hall–Kier alpha value is -3.15. The summed E-state index contributed by atoms with van der Waals surface area (Å²) in [6.07, 6.45) is 0. The molecule has 2 aromatic carbocycles. The molecular formula is C23H26FN5. The second kappa shape index (κ2) is 8.07. The number of benzene rings is 2. The minimum absolute atomic E-state index is 0.173. The van der Waals surface area contributed by atoms with Crippen LogP contribution >= 0.6 is 0 Å². The first-order valence-corrected chi connectivity index (χ1v) is 9.93. The quantitative estimate of drug-likeness (QED) is 0.704. The lowest BCUT2D eigenvalue weighted by molar-refractivity contribution is 0.594. The fourth-order valence-electron chi connectivity index (χ4n) is 3.81. The smallest absolute Gasteiger partial charge is 0.227 e. The minimum atomic E-state index is -0.173. The van der Waals surface area contributed by atoms with Gasteiger partial charge in [0, 0.05) is 43.6 Å². The Balaban J connectivity index is 1.49. The maximum absolute atomic E-state index is 14.1. The summed E-state index contributed by atoms with van der Waals surface area (Å²) < 4.78 is 14.1. The van der Waals surface area contributed by atoms with Crippen LogP contribution in [0.5, 0.6) is 0 Å². The van der Waals surface area contributed by atoms with E-state index in [4.69, 9.17) is 4.98 Å². The lowest BCUT2D eigenvalue weighted by Gasteiger charge is -2.36. The van der Waals surface area contributed by atoms with Gasteiger partial charge in [0.1, 0.15) is 11.6 Å². The van der Waals surface area contributed by atoms with Gasteiger partial charge in [-0.15, -0.1) is 0 Å². The molecule has 0 saturated carbocycles. The van der Waals surface area contributed by atoms with E-state index < -0.39 is 0 Å². The van der Waals surface area contributed by atoms with Crippen molar-refractivity contribution in [1.82, 2.24) is 9.97 Å². The van der Waals surface area contributed by atoms with E-state index in [9.17, 15) is 4.39 Å². The maximum Gasteiger partial charge on any atom is 0.227 e. The van der Waals surface area contributed by atoms with Crippen LogP contribution in [0.15, 0.2) is 48.5 Å². The van der Waals surface area contributed by atoms with Crippen molar-refractivity contribution >= 4 is 23.1 Å². The number of hydrogen-bond acceptors (Lipinski definition) is 5. The fourth-order valence-corrected chi connectivity index (χ4v) is 3.81. The van der Waals surface area contributed by atoms with Gasteiger partial charge in [-0.1, -0.05) is 18.2 Å². The zero-order valence-electron chi connectivity index (χ0n) is 17.1. The van der Waals surface area contributed by atoms with E-state index in [1.807, 2.05) is 25.1 Å². The Kier molecular flexibility index (Phi) is 5.34. The summed E-state index contributed by atoms with van der Waals surface area (Å²) in [5, 5.41) is 3.41. The van der Waals surface area contributed by atoms with Gasteiger partial charge >= 0.3 is 0 Å². The standard InChI is InChI=1S/C23H26FN5/c1-16-12-17(2)14-19(13-16)26-22-15-18(3)25-23(27-22)29-10-8-28(9-11-29)21-7-5-4-6-20(21)24/h4-7,12-15H,8-11H2,1-3H3,(H,25,26,27). The van der Waals surface area contributed by atoms with Crippen LogP contribution in [-0.4, -0.2) is 36.1 Å². The van der Waals surface area contributed by atoms with E-state index in [1.54, 1.807) is 6.07 Å². The van der Waals surface area contributed by atoms with E-state index in [0.29, 0.717) is 11.6 Å². The molecule has 2 heterocycles. The van der Waals surface area contributed by atoms with Crippen molar-refractivity contribution in [3.05, 3.63) is 71.2 Å². The Labute approximate surface area is 171 Å². The van der Waals surface area contributed by atoms with Crippen molar-refractivity contribution in [2.24, 2.45) is 0 Å². The molecule has 0 radical (unpaired) electrons. The summed E-state index contributed by atoms with van der Waals surface area (Å²) in [4.78, 5) is 13.6. The SMILES string of the molecule is Cc1cc(C)cc(Nc2cc(C)nc(N3CCN(c4ccccc4F)CC3)n2)c1. The van der Waals surface area contributed by atoms with Crippen LogP contribution < -0.4 is 15.1 Å². The van der Waals surface area contributed by atoms with E-state index in [-0.39, 0.29) is 5.82 Å². The zero-order valence-corrected chi connectivity index (χ0v) is 17.1. The van der Waals surface area contributed by atoms with Crippen molar-refractivity contribution < 1.29 is 4.39 Å². The van der Waals surface area contributed by atoms with Gasteiger partial charge in [-0.3, -0.25) is 0 Å². The van der Waals surface area contributed by atoms with Crippen LogP contribution in [0.3, 0.4) is 0 Å². The third kappa shape index (κ3) is 4.47. The van der Waals surface area contributed by atoms with Crippen molar-refractivity contribution in [2.75, 3.05) is 41.3 Å². The molecule has 29 heavy (non-hydrogen) atoms. The van der Waals surface area contributed by atoms with E-state index in [2.05, 4.69) is 52.1 Å². The molecule has 6 heteroatoms. The molecular weight excluding hydrogens is 365 g/mol. The number of hydrogen-bond donors (Lipinski definition) is 1. The van der Waals surface area contributed by atoms with Crippen molar-refractivity contribution in [2.45, 2.75) is 20.8 Å². The topological polar surface area (TPSA) is 44.3 Å². The highest BCUT2D eigenvalue weighted by Crippen LogP contribution is 2.24. The van der Waals surface area contributed by atoms with Gasteiger partial charge in [-0.2, -0.15) is 4.98 Å². The zero-order chi connectivity index (χ0) is 20.4. The molecule has 0 spiro atoms. The summed E-state index contributed by atoms with van der Waals surface area (Å²) in [6, 6.07) is 15.3. The first-order valence-electron chi connectivity index (χ1n) is 9.93. The first-order chi connectivity index (χ1) is 14.0. The van der Waals surface area contributed by atoms with Crippen LogP contribution in [0.25, 0.3) is 0 Å². The van der Waals surface area contributed by atoms with Crippen LogP contribution in [0, 0.1) is 26.6 Å². The van der Waals surface area contributed by atoms with Gasteiger partial charge in [-0.25, -0.2) is 9.37 Å². The van der Waals surface area contributed by atoms with E-state index in [0.717, 1.165) is 43.4 Å². The van der Waals surface area contributed by atoms with Gasteiger partial charge in [0.25, 0.3) is 0 Å². The molecule has 3 aromatic rings. The normalized spacial score (nSPS) is 14.2. The first kappa shape index (κ1) is 19.2. The molecule has 1 aliphatic heterocycles.